The number of hydrogen-bond donors (Lipinski definition) is 4. The van der Waals surface area contributed by atoms with E-state index in [1.54, 1.807) is 0 Å². The SMILES string of the molecule is O=P([O-])([O-])OCC1(O)O[C@H](CO)[C@@H](O)[C@@H]1O.[Na+].[Na+]. The van der Waals surface area contributed by atoms with Crippen molar-refractivity contribution in [2.75, 3.05) is 13.2 Å². The molecular weight excluding hydrogens is 293 g/mol. The van der Waals surface area contributed by atoms with E-state index in [0.29, 0.717) is 0 Å². The van der Waals surface area contributed by atoms with Crippen LogP contribution in [-0.4, -0.2) is 57.7 Å². The van der Waals surface area contributed by atoms with E-state index in [4.69, 9.17) is 5.11 Å². The van der Waals surface area contributed by atoms with Gasteiger partial charge in [-0.15, -0.1) is 0 Å². The molecule has 1 rings (SSSR count). The summed E-state index contributed by atoms with van der Waals surface area (Å²) < 4.78 is 18.5. The Balaban J connectivity index is 0. The van der Waals surface area contributed by atoms with Crippen LogP contribution in [0.15, 0.2) is 0 Å². The summed E-state index contributed by atoms with van der Waals surface area (Å²) >= 11 is 0. The summed E-state index contributed by atoms with van der Waals surface area (Å²) in [6.45, 7) is -1.86. The van der Waals surface area contributed by atoms with E-state index in [1.165, 1.54) is 0 Å². The van der Waals surface area contributed by atoms with Gasteiger partial charge in [-0.25, -0.2) is 0 Å². The molecule has 12 heteroatoms. The van der Waals surface area contributed by atoms with Crippen LogP contribution in [0, 0.1) is 0 Å². The van der Waals surface area contributed by atoms with E-state index in [0.717, 1.165) is 0 Å². The van der Waals surface area contributed by atoms with E-state index < -0.39 is 45.1 Å². The minimum Gasteiger partial charge on any atom is -0.790 e. The van der Waals surface area contributed by atoms with E-state index in [-0.39, 0.29) is 59.1 Å². The van der Waals surface area contributed by atoms with E-state index >= 15 is 0 Å². The van der Waals surface area contributed by atoms with Gasteiger partial charge in [-0.1, -0.05) is 0 Å². The predicted molar refractivity (Wildman–Crippen MR) is 42.5 cm³/mol. The smallest absolute Gasteiger partial charge is 0.790 e. The van der Waals surface area contributed by atoms with Gasteiger partial charge in [0.05, 0.1) is 14.4 Å². The van der Waals surface area contributed by atoms with Crippen LogP contribution in [0.3, 0.4) is 0 Å². The summed E-state index contributed by atoms with van der Waals surface area (Å²) in [4.78, 5) is 20.3. The molecular formula is C6H11Na2O9P. The van der Waals surface area contributed by atoms with Crippen LogP contribution in [-0.2, 0) is 13.8 Å². The fraction of sp³-hybridized carbons (Fsp3) is 1.00. The molecule has 96 valence electrons. The van der Waals surface area contributed by atoms with Gasteiger partial charge < -0.3 is 44.0 Å². The van der Waals surface area contributed by atoms with Crippen LogP contribution >= 0.6 is 7.82 Å². The number of hydrogen-bond acceptors (Lipinski definition) is 9. The van der Waals surface area contributed by atoms with Gasteiger partial charge >= 0.3 is 59.1 Å². The summed E-state index contributed by atoms with van der Waals surface area (Å²) in [7, 11) is -5.33. The van der Waals surface area contributed by atoms with E-state index in [1.807, 2.05) is 0 Å². The van der Waals surface area contributed by atoms with Crippen LogP contribution in [0.4, 0.5) is 0 Å². The quantitative estimate of drug-likeness (QED) is 0.292. The summed E-state index contributed by atoms with van der Waals surface area (Å²) in [6, 6.07) is 0. The normalized spacial score (nSPS) is 35.8. The maximum atomic E-state index is 10.2. The average molecular weight is 304 g/mol. The second kappa shape index (κ2) is 8.38. The summed E-state index contributed by atoms with van der Waals surface area (Å²) in [6.07, 6.45) is -4.80. The molecule has 0 aromatic carbocycles. The molecule has 1 saturated heterocycles. The molecule has 1 unspecified atom stereocenters. The Morgan fingerprint density at radius 1 is 1.33 bits per heavy atom. The van der Waals surface area contributed by atoms with Crippen molar-refractivity contribution >= 4 is 7.82 Å². The van der Waals surface area contributed by atoms with Crippen molar-refractivity contribution in [3.8, 4) is 0 Å². The average Bonchev–Trinajstić information content (AvgIpc) is 2.40. The Bertz CT molecular complexity index is 299. The van der Waals surface area contributed by atoms with Gasteiger partial charge in [0.15, 0.2) is 0 Å². The fourth-order valence-electron chi connectivity index (χ4n) is 1.31. The number of ether oxygens (including phenoxy) is 1. The molecule has 0 saturated carbocycles. The third-order valence-electron chi connectivity index (χ3n) is 2.13. The summed E-state index contributed by atoms with van der Waals surface area (Å²) in [5.41, 5.74) is 0. The molecule has 1 fully saturated rings. The monoisotopic (exact) mass is 304 g/mol. The topological polar surface area (TPSA) is 163 Å². The Labute approximate surface area is 147 Å². The van der Waals surface area contributed by atoms with Crippen molar-refractivity contribution in [2.24, 2.45) is 0 Å². The maximum absolute atomic E-state index is 10.2. The van der Waals surface area contributed by atoms with Crippen LogP contribution in [0.25, 0.3) is 0 Å². The number of rotatable bonds is 4. The van der Waals surface area contributed by atoms with E-state index in [2.05, 4.69) is 9.26 Å². The molecule has 0 spiro atoms. The molecule has 0 bridgehead atoms. The molecule has 4 atom stereocenters. The minimum atomic E-state index is -5.33. The first-order chi connectivity index (χ1) is 7.19. The van der Waals surface area contributed by atoms with Crippen LogP contribution in [0.1, 0.15) is 0 Å². The van der Waals surface area contributed by atoms with Crippen molar-refractivity contribution < 1.29 is 103 Å². The molecule has 0 aromatic rings. The van der Waals surface area contributed by atoms with Crippen molar-refractivity contribution in [1.29, 1.82) is 0 Å². The second-order valence-corrected chi connectivity index (χ2v) is 4.49. The van der Waals surface area contributed by atoms with Crippen LogP contribution < -0.4 is 68.9 Å². The van der Waals surface area contributed by atoms with Gasteiger partial charge in [-0.3, -0.25) is 0 Å². The molecule has 1 aliphatic rings. The Morgan fingerprint density at radius 2 is 1.83 bits per heavy atom. The maximum Gasteiger partial charge on any atom is 1.00 e. The third-order valence-corrected chi connectivity index (χ3v) is 2.58. The van der Waals surface area contributed by atoms with Gasteiger partial charge in [0, 0.05) is 0 Å². The van der Waals surface area contributed by atoms with Crippen molar-refractivity contribution in [3.05, 3.63) is 0 Å². The molecule has 9 nitrogen and oxygen atoms in total. The molecule has 4 N–H and O–H groups in total. The van der Waals surface area contributed by atoms with Crippen LogP contribution in [0.5, 0.6) is 0 Å². The standard InChI is InChI=1S/C6H13O9P.2Na/c7-1-3-4(8)5(9)6(10,15-3)2-14-16(11,12)13;;/h3-5,7-10H,1-2H2,(H2,11,12,13);;/q;2*+1/p-2/t3-,4-,5+,6?;;/m1../s1. The van der Waals surface area contributed by atoms with Gasteiger partial charge in [-0.2, -0.15) is 0 Å². The first kappa shape index (κ1) is 22.2. The van der Waals surface area contributed by atoms with Crippen molar-refractivity contribution in [1.82, 2.24) is 0 Å². The molecule has 0 radical (unpaired) electrons. The molecule has 1 aliphatic heterocycles. The summed E-state index contributed by atoms with van der Waals surface area (Å²) in [5.74, 6) is -2.54. The third kappa shape index (κ3) is 5.72. The zero-order valence-electron chi connectivity index (χ0n) is 9.92. The minimum absolute atomic E-state index is 0. The number of aliphatic hydroxyl groups is 4. The zero-order valence-corrected chi connectivity index (χ0v) is 14.8. The number of aliphatic hydroxyl groups excluding tert-OH is 3. The molecule has 1 heterocycles. The van der Waals surface area contributed by atoms with Gasteiger partial charge in [-0.05, 0) is 0 Å². The van der Waals surface area contributed by atoms with Gasteiger partial charge in [0.1, 0.15) is 24.9 Å². The van der Waals surface area contributed by atoms with Crippen molar-refractivity contribution in [2.45, 2.75) is 24.1 Å². The van der Waals surface area contributed by atoms with E-state index in [9.17, 15) is 29.7 Å². The zero-order chi connectivity index (χ0) is 12.6. The largest absolute Gasteiger partial charge is 1.00 e. The number of phosphoric acid groups is 1. The fourth-order valence-corrected chi connectivity index (χ4v) is 1.65. The molecule has 18 heavy (non-hydrogen) atoms. The summed E-state index contributed by atoms with van der Waals surface area (Å²) in [5, 5.41) is 36.8. The molecule has 0 aliphatic carbocycles. The molecule has 0 amide bonds. The van der Waals surface area contributed by atoms with Gasteiger partial charge in [0.25, 0.3) is 0 Å². The van der Waals surface area contributed by atoms with Gasteiger partial charge in [0.2, 0.25) is 5.79 Å². The van der Waals surface area contributed by atoms with Crippen LogP contribution in [0.2, 0.25) is 0 Å². The first-order valence-electron chi connectivity index (χ1n) is 4.23. The Kier molecular flexibility index (Phi) is 10.3. The Morgan fingerprint density at radius 3 is 2.17 bits per heavy atom. The van der Waals surface area contributed by atoms with Crippen molar-refractivity contribution in [3.63, 3.8) is 0 Å². The Hall–Kier alpha value is 1.91. The predicted octanol–water partition coefficient (Wildman–Crippen LogP) is -10.4. The first-order valence-corrected chi connectivity index (χ1v) is 5.69. The number of phosphoric ester groups is 1. The second-order valence-electron chi connectivity index (χ2n) is 3.34. The molecule has 0 aromatic heterocycles.